The first-order valence-electron chi connectivity index (χ1n) is 9.90. The van der Waals surface area contributed by atoms with Gasteiger partial charge >= 0.3 is 5.97 Å². The number of allylic oxidation sites excluding steroid dienone is 1. The topological polar surface area (TPSA) is 117 Å². The Kier molecular flexibility index (Phi) is 5.06. The van der Waals surface area contributed by atoms with Crippen LogP contribution in [-0.4, -0.2) is 54.5 Å². The number of ether oxygens (including phenoxy) is 1. The number of carboxylic acids is 1. The smallest absolute Gasteiger partial charge is 0.334 e. The van der Waals surface area contributed by atoms with Crippen molar-refractivity contribution in [3.63, 3.8) is 0 Å². The van der Waals surface area contributed by atoms with Gasteiger partial charge in [0.2, 0.25) is 0 Å². The molecule has 7 nitrogen and oxygen atoms in total. The summed E-state index contributed by atoms with van der Waals surface area (Å²) in [5.74, 6) is 0.0141. The molecule has 3 aliphatic carbocycles. The average molecular weight is 380 g/mol. The molecule has 0 aromatic carbocycles. The number of hydrogen-bond donors (Lipinski definition) is 4. The summed E-state index contributed by atoms with van der Waals surface area (Å²) in [5, 5.41) is 24.6. The molecule has 2 fully saturated rings. The highest BCUT2D eigenvalue weighted by molar-refractivity contribution is 5.92. The minimum Gasteiger partial charge on any atom is -0.478 e. The SMILES string of the molecule is CCOCC1(O)CC23C(=C1C(=O)O)CC(CCC2C)C3(C)CNC(N)=NC. The van der Waals surface area contributed by atoms with Gasteiger partial charge in [0.15, 0.2) is 5.96 Å². The molecule has 2 bridgehead atoms. The largest absolute Gasteiger partial charge is 0.478 e. The van der Waals surface area contributed by atoms with Crippen LogP contribution in [0, 0.1) is 22.7 Å². The van der Waals surface area contributed by atoms with Crippen molar-refractivity contribution < 1.29 is 19.7 Å². The molecule has 0 amide bonds. The highest BCUT2D eigenvalue weighted by Gasteiger charge is 2.71. The Labute approximate surface area is 161 Å². The van der Waals surface area contributed by atoms with Gasteiger partial charge < -0.3 is 26.0 Å². The molecule has 27 heavy (non-hydrogen) atoms. The highest BCUT2D eigenvalue weighted by Crippen LogP contribution is 2.74. The number of carboxylic acid groups (broad SMARTS) is 1. The molecular formula is C20H33N3O4. The fourth-order valence-corrected chi connectivity index (χ4v) is 6.36. The number of fused-ring (bicyclic) bond motifs is 1. The fraction of sp³-hybridized carbons (Fsp3) is 0.800. The van der Waals surface area contributed by atoms with Gasteiger partial charge in [0.25, 0.3) is 0 Å². The molecular weight excluding hydrogens is 346 g/mol. The summed E-state index contributed by atoms with van der Waals surface area (Å²) in [5.41, 5.74) is 4.99. The van der Waals surface area contributed by atoms with E-state index in [4.69, 9.17) is 10.5 Å². The van der Waals surface area contributed by atoms with Gasteiger partial charge in [-0.05, 0) is 55.4 Å². The molecule has 0 saturated heterocycles. The zero-order valence-electron chi connectivity index (χ0n) is 16.8. The third-order valence-electron chi connectivity index (χ3n) is 7.67. The molecule has 5 atom stereocenters. The lowest BCUT2D eigenvalue weighted by Crippen LogP contribution is -2.55. The highest BCUT2D eigenvalue weighted by atomic mass is 16.5. The standard InChI is InChI=1S/C20H33N3O4/c1-5-27-11-19(26)9-20-12(2)6-7-13(8-14(20)15(19)16(24)25)18(20,3)10-23-17(21)22-4/h12-13,26H,5-11H2,1-4H3,(H,24,25)(H3,21,22,23). The molecule has 152 valence electrons. The molecule has 0 aliphatic heterocycles. The van der Waals surface area contributed by atoms with Crippen molar-refractivity contribution in [1.29, 1.82) is 0 Å². The number of nitrogens with one attached hydrogen (secondary N) is 1. The zero-order chi connectivity index (χ0) is 20.0. The summed E-state index contributed by atoms with van der Waals surface area (Å²) in [4.78, 5) is 16.2. The maximum absolute atomic E-state index is 12.2. The van der Waals surface area contributed by atoms with Crippen LogP contribution in [0.25, 0.3) is 0 Å². The lowest BCUT2D eigenvalue weighted by atomic mass is 9.51. The molecule has 0 radical (unpaired) electrons. The third kappa shape index (κ3) is 2.70. The molecule has 1 spiro atoms. The Hall–Kier alpha value is -1.60. The second-order valence-corrected chi connectivity index (χ2v) is 8.73. The van der Waals surface area contributed by atoms with Gasteiger partial charge in [-0.15, -0.1) is 0 Å². The predicted octanol–water partition coefficient (Wildman–Crippen LogP) is 1.52. The molecule has 0 aromatic heterocycles. The molecule has 0 heterocycles. The van der Waals surface area contributed by atoms with Crippen molar-refractivity contribution in [3.8, 4) is 0 Å². The van der Waals surface area contributed by atoms with Crippen molar-refractivity contribution in [2.24, 2.45) is 33.4 Å². The van der Waals surface area contributed by atoms with E-state index in [1.165, 1.54) is 0 Å². The van der Waals surface area contributed by atoms with Gasteiger partial charge in [-0.25, -0.2) is 4.79 Å². The van der Waals surface area contributed by atoms with E-state index in [2.05, 4.69) is 24.2 Å². The van der Waals surface area contributed by atoms with Crippen LogP contribution in [-0.2, 0) is 9.53 Å². The van der Waals surface area contributed by atoms with Gasteiger partial charge in [-0.3, -0.25) is 4.99 Å². The summed E-state index contributed by atoms with van der Waals surface area (Å²) in [7, 11) is 1.64. The molecule has 5 unspecified atom stereocenters. The maximum atomic E-state index is 12.2. The summed E-state index contributed by atoms with van der Waals surface area (Å²) in [6.45, 7) is 7.36. The van der Waals surface area contributed by atoms with Crippen LogP contribution in [0.5, 0.6) is 0 Å². The van der Waals surface area contributed by atoms with Crippen LogP contribution in [0.2, 0.25) is 0 Å². The lowest BCUT2D eigenvalue weighted by Gasteiger charge is -2.54. The Balaban J connectivity index is 2.11. The second kappa shape index (κ2) is 6.78. The molecule has 7 heteroatoms. The van der Waals surface area contributed by atoms with E-state index in [0.717, 1.165) is 24.8 Å². The number of aliphatic imine (C=N–C) groups is 1. The molecule has 0 aromatic rings. The minimum absolute atomic E-state index is 0.0236. The summed E-state index contributed by atoms with van der Waals surface area (Å²) in [6.07, 6.45) is 3.22. The van der Waals surface area contributed by atoms with Gasteiger partial charge in [-0.2, -0.15) is 0 Å². The molecule has 2 saturated carbocycles. The van der Waals surface area contributed by atoms with Gasteiger partial charge in [-0.1, -0.05) is 13.8 Å². The van der Waals surface area contributed by atoms with E-state index in [1.807, 2.05) is 6.92 Å². The van der Waals surface area contributed by atoms with Crippen molar-refractivity contribution in [2.75, 3.05) is 26.8 Å². The number of nitrogens with two attached hydrogens (primary N) is 1. The number of carbonyl (C=O) groups is 1. The number of guanidine groups is 1. The lowest BCUT2D eigenvalue weighted by molar-refractivity contribution is -0.137. The van der Waals surface area contributed by atoms with Crippen LogP contribution in [0.3, 0.4) is 0 Å². The number of aliphatic hydroxyl groups is 1. The summed E-state index contributed by atoms with van der Waals surface area (Å²) >= 11 is 0. The van der Waals surface area contributed by atoms with E-state index >= 15 is 0 Å². The Morgan fingerprint density at radius 2 is 2.15 bits per heavy atom. The van der Waals surface area contributed by atoms with E-state index in [9.17, 15) is 15.0 Å². The predicted molar refractivity (Wildman–Crippen MR) is 103 cm³/mol. The molecule has 5 N–H and O–H groups in total. The Morgan fingerprint density at radius 1 is 1.44 bits per heavy atom. The number of hydrogen-bond acceptors (Lipinski definition) is 4. The first kappa shape index (κ1) is 20.1. The Morgan fingerprint density at radius 3 is 2.74 bits per heavy atom. The second-order valence-electron chi connectivity index (χ2n) is 8.73. The first-order chi connectivity index (χ1) is 12.7. The van der Waals surface area contributed by atoms with Gasteiger partial charge in [0.1, 0.15) is 5.60 Å². The average Bonchev–Trinajstić information content (AvgIpc) is 2.95. The van der Waals surface area contributed by atoms with Crippen molar-refractivity contribution in [2.45, 2.75) is 52.1 Å². The van der Waals surface area contributed by atoms with Crippen molar-refractivity contribution in [3.05, 3.63) is 11.1 Å². The van der Waals surface area contributed by atoms with Crippen LogP contribution < -0.4 is 11.1 Å². The minimum atomic E-state index is -1.45. The number of aliphatic carboxylic acids is 1. The number of nitrogens with zero attached hydrogens (tertiary/aromatic N) is 1. The van der Waals surface area contributed by atoms with Crippen LogP contribution in [0.15, 0.2) is 16.1 Å². The quantitative estimate of drug-likeness (QED) is 0.411. The zero-order valence-corrected chi connectivity index (χ0v) is 16.8. The molecule has 3 rings (SSSR count). The monoisotopic (exact) mass is 379 g/mol. The van der Waals surface area contributed by atoms with E-state index < -0.39 is 11.6 Å². The van der Waals surface area contributed by atoms with Gasteiger partial charge in [0.05, 0.1) is 12.2 Å². The third-order valence-corrected chi connectivity index (χ3v) is 7.67. The number of rotatable bonds is 6. The van der Waals surface area contributed by atoms with Crippen LogP contribution >= 0.6 is 0 Å². The first-order valence-corrected chi connectivity index (χ1v) is 9.90. The van der Waals surface area contributed by atoms with Gasteiger partial charge in [0, 0.05) is 25.6 Å². The Bertz CT molecular complexity index is 691. The fourth-order valence-electron chi connectivity index (χ4n) is 6.36. The maximum Gasteiger partial charge on any atom is 0.334 e. The van der Waals surface area contributed by atoms with E-state index in [1.54, 1.807) is 7.05 Å². The normalized spacial score (nSPS) is 41.0. The summed E-state index contributed by atoms with van der Waals surface area (Å²) < 4.78 is 5.52. The van der Waals surface area contributed by atoms with E-state index in [0.29, 0.717) is 31.4 Å². The van der Waals surface area contributed by atoms with Crippen LogP contribution in [0.4, 0.5) is 0 Å². The summed E-state index contributed by atoms with van der Waals surface area (Å²) in [6, 6.07) is 0. The molecule has 3 aliphatic rings. The van der Waals surface area contributed by atoms with Crippen molar-refractivity contribution >= 4 is 11.9 Å². The van der Waals surface area contributed by atoms with E-state index in [-0.39, 0.29) is 28.9 Å². The van der Waals surface area contributed by atoms with Crippen molar-refractivity contribution in [1.82, 2.24) is 5.32 Å². The van der Waals surface area contributed by atoms with Crippen LogP contribution in [0.1, 0.15) is 46.5 Å².